The molecular formula is C41H25N3. The van der Waals surface area contributed by atoms with Crippen molar-refractivity contribution in [3.63, 3.8) is 0 Å². The number of hydrogen-bond donors (Lipinski definition) is 0. The molecule has 0 aliphatic heterocycles. The molecule has 3 aromatic heterocycles. The Morgan fingerprint density at radius 3 is 1.86 bits per heavy atom. The Hall–Kier alpha value is -5.80. The van der Waals surface area contributed by atoms with Gasteiger partial charge >= 0.3 is 0 Å². The summed E-state index contributed by atoms with van der Waals surface area (Å²) in [5, 5.41) is 2.51. The van der Waals surface area contributed by atoms with Gasteiger partial charge in [0, 0.05) is 40.0 Å². The molecule has 1 atom stereocenters. The average Bonchev–Trinajstić information content (AvgIpc) is 3.70. The first-order valence-corrected chi connectivity index (χ1v) is 15.1. The molecule has 0 saturated heterocycles. The zero-order valence-electron chi connectivity index (χ0n) is 23.8. The number of para-hydroxylation sites is 2. The lowest BCUT2D eigenvalue weighted by molar-refractivity contribution is 0.789. The maximum Gasteiger partial charge on any atom is 0.0757 e. The van der Waals surface area contributed by atoms with E-state index < -0.39 is 5.41 Å². The highest BCUT2D eigenvalue weighted by Gasteiger charge is 2.52. The largest absolute Gasteiger partial charge is 0.309 e. The molecule has 1 unspecified atom stereocenters. The van der Waals surface area contributed by atoms with Gasteiger partial charge in [-0.1, -0.05) is 91.0 Å². The normalized spacial score (nSPS) is 15.8. The molecule has 2 aliphatic carbocycles. The molecule has 44 heavy (non-hydrogen) atoms. The predicted molar refractivity (Wildman–Crippen MR) is 178 cm³/mol. The molecule has 1 spiro atoms. The molecule has 2 aliphatic rings. The van der Waals surface area contributed by atoms with E-state index in [1.807, 2.05) is 12.4 Å². The van der Waals surface area contributed by atoms with Crippen molar-refractivity contribution in [2.45, 2.75) is 5.41 Å². The highest BCUT2D eigenvalue weighted by Crippen LogP contribution is 2.62. The van der Waals surface area contributed by atoms with Crippen LogP contribution in [0.1, 0.15) is 22.3 Å². The Labute approximate surface area is 254 Å². The second kappa shape index (κ2) is 8.62. The van der Waals surface area contributed by atoms with Gasteiger partial charge in [-0.3, -0.25) is 9.97 Å². The minimum absolute atomic E-state index is 0.456. The monoisotopic (exact) mass is 559 g/mol. The Morgan fingerprint density at radius 1 is 0.432 bits per heavy atom. The number of fused-ring (bicyclic) bond motifs is 13. The highest BCUT2D eigenvalue weighted by molar-refractivity contribution is 6.10. The molecule has 8 aromatic rings. The molecule has 5 aromatic carbocycles. The third kappa shape index (κ3) is 2.91. The number of pyridine rings is 2. The molecular weight excluding hydrogens is 534 g/mol. The van der Waals surface area contributed by atoms with Gasteiger partial charge in [-0.15, -0.1) is 0 Å². The minimum atomic E-state index is -0.456. The van der Waals surface area contributed by atoms with Crippen LogP contribution in [0.2, 0.25) is 0 Å². The van der Waals surface area contributed by atoms with Crippen LogP contribution in [0, 0.1) is 0 Å². The van der Waals surface area contributed by atoms with Crippen LogP contribution in [0.3, 0.4) is 0 Å². The fourth-order valence-corrected chi connectivity index (χ4v) is 7.98. The third-order valence-corrected chi connectivity index (χ3v) is 9.71. The molecule has 0 radical (unpaired) electrons. The van der Waals surface area contributed by atoms with E-state index in [1.54, 1.807) is 0 Å². The van der Waals surface area contributed by atoms with Crippen molar-refractivity contribution >= 4 is 21.8 Å². The molecule has 0 saturated carbocycles. The van der Waals surface area contributed by atoms with Crippen LogP contribution in [0.5, 0.6) is 0 Å². The van der Waals surface area contributed by atoms with Crippen LogP contribution in [0.4, 0.5) is 0 Å². The molecule has 0 N–H and O–H groups in total. The first-order valence-electron chi connectivity index (χ1n) is 15.1. The lowest BCUT2D eigenvalue weighted by Crippen LogP contribution is -2.26. The summed E-state index contributed by atoms with van der Waals surface area (Å²) >= 11 is 0. The number of rotatable bonds is 2. The van der Waals surface area contributed by atoms with Gasteiger partial charge in [0.25, 0.3) is 0 Å². The Morgan fingerprint density at radius 2 is 1.05 bits per heavy atom. The van der Waals surface area contributed by atoms with Crippen LogP contribution in [0.25, 0.3) is 61.1 Å². The van der Waals surface area contributed by atoms with E-state index in [0.717, 1.165) is 11.4 Å². The number of nitrogens with zero attached hydrogens (tertiary/aromatic N) is 3. The molecule has 0 amide bonds. The summed E-state index contributed by atoms with van der Waals surface area (Å²) in [6.45, 7) is 0. The average molecular weight is 560 g/mol. The van der Waals surface area contributed by atoms with Gasteiger partial charge in [0.2, 0.25) is 0 Å². The van der Waals surface area contributed by atoms with E-state index in [0.29, 0.717) is 0 Å². The van der Waals surface area contributed by atoms with Crippen LogP contribution in [-0.4, -0.2) is 14.5 Å². The summed E-state index contributed by atoms with van der Waals surface area (Å²) in [6, 6.07) is 50.6. The fraction of sp³-hybridized carbons (Fsp3) is 0.0244. The van der Waals surface area contributed by atoms with E-state index in [4.69, 9.17) is 9.97 Å². The number of hydrogen-bond acceptors (Lipinski definition) is 2. The van der Waals surface area contributed by atoms with Gasteiger partial charge in [-0.05, 0) is 81.9 Å². The lowest BCUT2D eigenvalue weighted by atomic mass is 9.70. The fourth-order valence-electron chi connectivity index (χ4n) is 7.98. The van der Waals surface area contributed by atoms with Crippen molar-refractivity contribution in [3.8, 4) is 39.3 Å². The van der Waals surface area contributed by atoms with Gasteiger partial charge < -0.3 is 4.57 Å². The smallest absolute Gasteiger partial charge is 0.0757 e. The van der Waals surface area contributed by atoms with Crippen molar-refractivity contribution in [1.82, 2.24) is 14.5 Å². The maximum absolute atomic E-state index is 4.95. The SMILES string of the molecule is c1ccc(-n2c3ccccc3c3cc(-c4ccc5c(c4)C4(c6ccccc6-c6ncccc64)c4cccnc4-5)ccc32)cc1. The first-order chi connectivity index (χ1) is 21.8. The van der Waals surface area contributed by atoms with Gasteiger partial charge in [0.1, 0.15) is 0 Å². The highest BCUT2D eigenvalue weighted by atomic mass is 15.0. The van der Waals surface area contributed by atoms with E-state index in [2.05, 4.69) is 144 Å². The number of aromatic nitrogens is 3. The van der Waals surface area contributed by atoms with Crippen molar-refractivity contribution < 1.29 is 0 Å². The second-order valence-corrected chi connectivity index (χ2v) is 11.8. The summed E-state index contributed by atoms with van der Waals surface area (Å²) in [5.74, 6) is 0. The summed E-state index contributed by atoms with van der Waals surface area (Å²) in [4.78, 5) is 9.86. The second-order valence-electron chi connectivity index (χ2n) is 11.8. The summed E-state index contributed by atoms with van der Waals surface area (Å²) < 4.78 is 2.37. The van der Waals surface area contributed by atoms with Gasteiger partial charge in [0.05, 0.1) is 27.8 Å². The maximum atomic E-state index is 4.95. The van der Waals surface area contributed by atoms with Crippen molar-refractivity contribution in [2.24, 2.45) is 0 Å². The van der Waals surface area contributed by atoms with Crippen molar-refractivity contribution in [3.05, 3.63) is 174 Å². The summed E-state index contributed by atoms with van der Waals surface area (Å²) in [7, 11) is 0. The lowest BCUT2D eigenvalue weighted by Gasteiger charge is -2.30. The van der Waals surface area contributed by atoms with E-state index in [-0.39, 0.29) is 0 Å². The van der Waals surface area contributed by atoms with E-state index in [9.17, 15) is 0 Å². The van der Waals surface area contributed by atoms with Crippen molar-refractivity contribution in [1.29, 1.82) is 0 Å². The molecule has 0 bridgehead atoms. The predicted octanol–water partition coefficient (Wildman–Crippen LogP) is 9.58. The van der Waals surface area contributed by atoms with Gasteiger partial charge in [-0.2, -0.15) is 0 Å². The van der Waals surface area contributed by atoms with Crippen LogP contribution in [0.15, 0.2) is 152 Å². The molecule has 0 fully saturated rings. The summed E-state index contributed by atoms with van der Waals surface area (Å²) in [5.41, 5.74) is 15.1. The molecule has 10 rings (SSSR count). The minimum Gasteiger partial charge on any atom is -0.309 e. The van der Waals surface area contributed by atoms with Gasteiger partial charge in [0.15, 0.2) is 0 Å². The standard InChI is InChI=1S/C41H25N3/c1-2-10-28(11-3-1)44-37-17-7-5-12-29(37)32-24-26(19-21-38(32)44)27-18-20-31-36(25-27)41(35-16-9-23-43-40(31)35)33-14-6-4-13-30(33)39-34(41)15-8-22-42-39/h1-25H. The quantitative estimate of drug-likeness (QED) is 0.211. The molecule has 3 heterocycles. The molecule has 3 nitrogen and oxygen atoms in total. The first kappa shape index (κ1) is 23.7. The Bertz CT molecular complexity index is 2390. The topological polar surface area (TPSA) is 30.7 Å². The van der Waals surface area contributed by atoms with Crippen LogP contribution >= 0.6 is 0 Å². The Balaban J connectivity index is 1.24. The van der Waals surface area contributed by atoms with Crippen LogP contribution < -0.4 is 0 Å². The van der Waals surface area contributed by atoms with E-state index >= 15 is 0 Å². The molecule has 204 valence electrons. The summed E-state index contributed by atoms with van der Waals surface area (Å²) in [6.07, 6.45) is 3.82. The number of benzene rings is 5. The Kier molecular flexibility index (Phi) is 4.65. The van der Waals surface area contributed by atoms with Crippen LogP contribution in [-0.2, 0) is 5.41 Å². The van der Waals surface area contributed by atoms with E-state index in [1.165, 1.54) is 72.0 Å². The molecule has 3 heteroatoms. The van der Waals surface area contributed by atoms with Crippen molar-refractivity contribution in [2.75, 3.05) is 0 Å². The van der Waals surface area contributed by atoms with Gasteiger partial charge in [-0.25, -0.2) is 0 Å². The zero-order chi connectivity index (χ0) is 28.8. The zero-order valence-corrected chi connectivity index (χ0v) is 23.8. The third-order valence-electron chi connectivity index (χ3n) is 9.71.